The molecule has 1 aromatic rings. The van der Waals surface area contributed by atoms with Crippen LogP contribution in [-0.2, 0) is 5.41 Å². The third-order valence-electron chi connectivity index (χ3n) is 3.49. The average Bonchev–Trinajstić information content (AvgIpc) is 2.55. The zero-order chi connectivity index (χ0) is 12.6. The van der Waals surface area contributed by atoms with Gasteiger partial charge in [0.1, 0.15) is 11.9 Å². The number of ether oxygens (including phenoxy) is 1. The highest BCUT2D eigenvalue weighted by Gasteiger charge is 2.31. The van der Waals surface area contributed by atoms with E-state index in [1.807, 2.05) is 0 Å². The van der Waals surface area contributed by atoms with E-state index in [0.717, 1.165) is 18.6 Å². The Hall–Kier alpha value is -1.02. The third-order valence-corrected chi connectivity index (χ3v) is 3.49. The van der Waals surface area contributed by atoms with Crippen molar-refractivity contribution in [2.45, 2.75) is 58.1 Å². The zero-order valence-electron chi connectivity index (χ0n) is 11.3. The van der Waals surface area contributed by atoms with E-state index in [1.54, 1.807) is 0 Å². The fourth-order valence-electron chi connectivity index (χ4n) is 2.34. The smallest absolute Gasteiger partial charge is 0.124 e. The predicted molar refractivity (Wildman–Crippen MR) is 71.4 cm³/mol. The van der Waals surface area contributed by atoms with E-state index < -0.39 is 0 Å². The van der Waals surface area contributed by atoms with Crippen LogP contribution < -0.4 is 10.5 Å². The van der Waals surface area contributed by atoms with Crippen molar-refractivity contribution in [3.8, 4) is 5.75 Å². The van der Waals surface area contributed by atoms with Gasteiger partial charge in [-0.1, -0.05) is 40.2 Å². The Morgan fingerprint density at radius 1 is 1.29 bits per heavy atom. The van der Waals surface area contributed by atoms with Crippen LogP contribution in [0.5, 0.6) is 5.75 Å². The van der Waals surface area contributed by atoms with Crippen LogP contribution in [0.3, 0.4) is 0 Å². The minimum absolute atomic E-state index is 0.0345. The summed E-state index contributed by atoms with van der Waals surface area (Å²) in [6.45, 7) is 8.83. The van der Waals surface area contributed by atoms with Gasteiger partial charge in [0.25, 0.3) is 0 Å². The lowest BCUT2D eigenvalue weighted by molar-refractivity contribution is 0.195. The lowest BCUT2D eigenvalue weighted by Gasteiger charge is -2.20. The van der Waals surface area contributed by atoms with Crippen LogP contribution in [0.25, 0.3) is 0 Å². The summed E-state index contributed by atoms with van der Waals surface area (Å²) in [4.78, 5) is 0. The van der Waals surface area contributed by atoms with Gasteiger partial charge in [-0.2, -0.15) is 0 Å². The second-order valence-corrected chi connectivity index (χ2v) is 5.97. The van der Waals surface area contributed by atoms with Crippen LogP contribution in [-0.4, -0.2) is 6.10 Å². The maximum atomic E-state index is 6.26. The normalized spacial score (nSPS) is 23.4. The van der Waals surface area contributed by atoms with E-state index in [9.17, 15) is 0 Å². The highest BCUT2D eigenvalue weighted by Crippen LogP contribution is 2.39. The molecule has 0 saturated carbocycles. The van der Waals surface area contributed by atoms with Crippen molar-refractivity contribution >= 4 is 0 Å². The first-order valence-corrected chi connectivity index (χ1v) is 6.50. The van der Waals surface area contributed by atoms with Gasteiger partial charge in [0.2, 0.25) is 0 Å². The molecule has 2 N–H and O–H groups in total. The maximum Gasteiger partial charge on any atom is 0.124 e. The lowest BCUT2D eigenvalue weighted by Crippen LogP contribution is -2.25. The van der Waals surface area contributed by atoms with Gasteiger partial charge in [-0.25, -0.2) is 0 Å². The number of benzene rings is 1. The number of hydrogen-bond acceptors (Lipinski definition) is 2. The Bertz CT molecular complexity index is 406. The molecule has 1 aromatic carbocycles. The predicted octanol–water partition coefficient (Wildman–Crippen LogP) is 3.55. The summed E-state index contributed by atoms with van der Waals surface area (Å²) in [6, 6.07) is 6.48. The molecule has 94 valence electrons. The van der Waals surface area contributed by atoms with Gasteiger partial charge in [-0.3, -0.25) is 0 Å². The van der Waals surface area contributed by atoms with Gasteiger partial charge in [0, 0.05) is 5.56 Å². The maximum absolute atomic E-state index is 6.26. The summed E-state index contributed by atoms with van der Waals surface area (Å²) >= 11 is 0. The standard InChI is InChI=1S/C15H23NO/c1-5-6-13-14(16)11-9-10(15(2,3)4)7-8-12(11)17-13/h7-9,13-14H,5-6,16H2,1-4H3. The largest absolute Gasteiger partial charge is 0.488 e. The van der Waals surface area contributed by atoms with E-state index in [4.69, 9.17) is 10.5 Å². The van der Waals surface area contributed by atoms with E-state index in [2.05, 4.69) is 45.9 Å². The number of rotatable bonds is 2. The Labute approximate surface area is 104 Å². The van der Waals surface area contributed by atoms with Crippen LogP contribution in [0.4, 0.5) is 0 Å². The summed E-state index contributed by atoms with van der Waals surface area (Å²) < 4.78 is 5.90. The van der Waals surface area contributed by atoms with Crippen molar-refractivity contribution in [3.05, 3.63) is 29.3 Å². The second-order valence-electron chi connectivity index (χ2n) is 5.97. The molecule has 0 radical (unpaired) electrons. The van der Waals surface area contributed by atoms with Crippen molar-refractivity contribution in [1.82, 2.24) is 0 Å². The van der Waals surface area contributed by atoms with Crippen LogP contribution in [0.2, 0.25) is 0 Å². The minimum Gasteiger partial charge on any atom is -0.488 e. The van der Waals surface area contributed by atoms with Crippen LogP contribution in [0, 0.1) is 0 Å². The topological polar surface area (TPSA) is 35.2 Å². The van der Waals surface area contributed by atoms with Gasteiger partial charge < -0.3 is 10.5 Å². The molecule has 1 heterocycles. The zero-order valence-corrected chi connectivity index (χ0v) is 11.3. The Morgan fingerprint density at radius 3 is 2.59 bits per heavy atom. The first-order valence-electron chi connectivity index (χ1n) is 6.50. The molecule has 2 nitrogen and oxygen atoms in total. The third kappa shape index (κ3) is 2.32. The number of nitrogens with two attached hydrogens (primary N) is 1. The van der Waals surface area contributed by atoms with E-state index in [-0.39, 0.29) is 17.6 Å². The molecule has 0 aliphatic carbocycles. The highest BCUT2D eigenvalue weighted by molar-refractivity contribution is 5.44. The minimum atomic E-state index is 0.0345. The van der Waals surface area contributed by atoms with E-state index >= 15 is 0 Å². The molecule has 0 aromatic heterocycles. The second kappa shape index (κ2) is 4.34. The molecule has 0 spiro atoms. The molecule has 1 aliphatic rings. The molecule has 0 fully saturated rings. The first kappa shape index (κ1) is 12.4. The van der Waals surface area contributed by atoms with Gasteiger partial charge in [-0.05, 0) is 29.5 Å². The molecule has 2 atom stereocenters. The summed E-state index contributed by atoms with van der Waals surface area (Å²) in [7, 11) is 0. The van der Waals surface area contributed by atoms with E-state index in [1.165, 1.54) is 11.1 Å². The van der Waals surface area contributed by atoms with Crippen LogP contribution >= 0.6 is 0 Å². The van der Waals surface area contributed by atoms with Crippen LogP contribution in [0.15, 0.2) is 18.2 Å². The van der Waals surface area contributed by atoms with Crippen molar-refractivity contribution in [1.29, 1.82) is 0 Å². The lowest BCUT2D eigenvalue weighted by atomic mass is 9.85. The first-order chi connectivity index (χ1) is 7.93. The van der Waals surface area contributed by atoms with Crippen molar-refractivity contribution in [2.24, 2.45) is 5.73 Å². The molecular weight excluding hydrogens is 210 g/mol. The number of fused-ring (bicyclic) bond motifs is 1. The monoisotopic (exact) mass is 233 g/mol. The Morgan fingerprint density at radius 2 is 2.00 bits per heavy atom. The van der Waals surface area contributed by atoms with E-state index in [0.29, 0.717) is 0 Å². The SMILES string of the molecule is CCCC1Oc2ccc(C(C)(C)C)cc2C1N. The van der Waals surface area contributed by atoms with Gasteiger partial charge in [0.15, 0.2) is 0 Å². The van der Waals surface area contributed by atoms with Gasteiger partial charge in [0.05, 0.1) is 6.04 Å². The van der Waals surface area contributed by atoms with Gasteiger partial charge in [-0.15, -0.1) is 0 Å². The summed E-state index contributed by atoms with van der Waals surface area (Å²) in [5.41, 5.74) is 8.93. The summed E-state index contributed by atoms with van der Waals surface area (Å²) in [6.07, 6.45) is 2.30. The van der Waals surface area contributed by atoms with Crippen LogP contribution in [0.1, 0.15) is 57.7 Å². The molecule has 0 saturated heterocycles. The van der Waals surface area contributed by atoms with Gasteiger partial charge >= 0.3 is 0 Å². The Kier molecular flexibility index (Phi) is 3.17. The summed E-state index contributed by atoms with van der Waals surface area (Å²) in [5.74, 6) is 0.976. The molecule has 2 rings (SSSR count). The number of hydrogen-bond donors (Lipinski definition) is 1. The fraction of sp³-hybridized carbons (Fsp3) is 0.600. The van der Waals surface area contributed by atoms with Crippen molar-refractivity contribution in [2.75, 3.05) is 0 Å². The van der Waals surface area contributed by atoms with Crippen molar-refractivity contribution in [3.63, 3.8) is 0 Å². The molecule has 0 bridgehead atoms. The molecule has 2 heteroatoms. The highest BCUT2D eigenvalue weighted by atomic mass is 16.5. The molecule has 1 aliphatic heterocycles. The summed E-state index contributed by atoms with van der Waals surface area (Å²) in [5, 5.41) is 0. The van der Waals surface area contributed by atoms with Crippen molar-refractivity contribution < 1.29 is 4.74 Å². The molecule has 0 amide bonds. The molecular formula is C15H23NO. The quantitative estimate of drug-likeness (QED) is 0.848. The fourth-order valence-corrected chi connectivity index (χ4v) is 2.34. The average molecular weight is 233 g/mol. The Balaban J connectivity index is 2.31. The molecule has 2 unspecified atom stereocenters. The molecule has 17 heavy (non-hydrogen) atoms.